The average Bonchev–Trinajstić information content (AvgIpc) is 2.84. The zero-order chi connectivity index (χ0) is 15.0. The molecule has 0 saturated heterocycles. The molecule has 0 amide bonds. The van der Waals surface area contributed by atoms with Gasteiger partial charge in [0.2, 0.25) is 0 Å². The molecule has 2 aromatic rings. The number of hydrogen-bond donors (Lipinski definition) is 1. The van der Waals surface area contributed by atoms with Crippen LogP contribution in [0.4, 0.5) is 10.1 Å². The fourth-order valence-electron chi connectivity index (χ4n) is 2.29. The Bertz CT molecular complexity index is 670. The van der Waals surface area contributed by atoms with Crippen LogP contribution < -0.4 is 10.1 Å². The Morgan fingerprint density at radius 1 is 1.14 bits per heavy atom. The molecular weight excluding hydrogens is 336 g/mol. The molecule has 3 rings (SSSR count). The van der Waals surface area contributed by atoms with Crippen LogP contribution in [0.3, 0.4) is 0 Å². The lowest BCUT2D eigenvalue weighted by Gasteiger charge is -2.13. The van der Waals surface area contributed by atoms with Crippen molar-refractivity contribution in [2.24, 2.45) is 0 Å². The molecule has 0 aromatic heterocycles. The van der Waals surface area contributed by atoms with E-state index in [2.05, 4.69) is 5.32 Å². The van der Waals surface area contributed by atoms with Gasteiger partial charge in [0.15, 0.2) is 5.82 Å². The summed E-state index contributed by atoms with van der Waals surface area (Å²) in [6, 6.07) is 8.57. The lowest BCUT2D eigenvalue weighted by Crippen LogP contribution is -2.23. The van der Waals surface area contributed by atoms with E-state index in [1.165, 1.54) is 12.1 Å². The Labute approximate surface area is 136 Å². The first-order chi connectivity index (χ1) is 10.0. The van der Waals surface area contributed by atoms with E-state index in [9.17, 15) is 4.39 Å². The van der Waals surface area contributed by atoms with Crippen LogP contribution >= 0.6 is 34.8 Å². The summed E-state index contributed by atoms with van der Waals surface area (Å²) in [5.41, 5.74) is 1.74. The van der Waals surface area contributed by atoms with Crippen molar-refractivity contribution in [1.82, 2.24) is 0 Å². The molecule has 0 spiro atoms. The second-order valence-electron chi connectivity index (χ2n) is 4.83. The molecule has 2 nitrogen and oxygen atoms in total. The highest BCUT2D eigenvalue weighted by molar-refractivity contribution is 6.35. The fraction of sp³-hybridized carbons (Fsp3) is 0.200. The standard InChI is InChI=1S/C15H11Cl3FNO/c16-9-1-2-14-8(3-9)4-11(21-14)7-20-10-5-12(17)15(19)13(18)6-10/h1-3,5-6,11,20H,4,7H2. The van der Waals surface area contributed by atoms with Gasteiger partial charge >= 0.3 is 0 Å². The molecule has 1 aliphatic rings. The molecule has 0 fully saturated rings. The maximum Gasteiger partial charge on any atom is 0.160 e. The van der Waals surface area contributed by atoms with Crippen molar-refractivity contribution in [2.75, 3.05) is 11.9 Å². The molecule has 21 heavy (non-hydrogen) atoms. The molecule has 1 aliphatic heterocycles. The third-order valence-corrected chi connectivity index (χ3v) is 4.07. The summed E-state index contributed by atoms with van der Waals surface area (Å²) < 4.78 is 19.1. The SMILES string of the molecule is Fc1c(Cl)cc(NCC2Cc3cc(Cl)ccc3O2)cc1Cl. The lowest BCUT2D eigenvalue weighted by atomic mass is 10.1. The summed E-state index contributed by atoms with van der Waals surface area (Å²) in [7, 11) is 0. The first-order valence-corrected chi connectivity index (χ1v) is 7.50. The minimum absolute atomic E-state index is 0.00703. The minimum atomic E-state index is -0.608. The third-order valence-electron chi connectivity index (χ3n) is 3.28. The number of hydrogen-bond acceptors (Lipinski definition) is 2. The van der Waals surface area contributed by atoms with E-state index >= 15 is 0 Å². The largest absolute Gasteiger partial charge is 0.488 e. The van der Waals surface area contributed by atoms with Crippen molar-refractivity contribution in [3.8, 4) is 5.75 Å². The summed E-state index contributed by atoms with van der Waals surface area (Å²) in [5.74, 6) is 0.240. The monoisotopic (exact) mass is 345 g/mol. The van der Waals surface area contributed by atoms with Gasteiger partial charge in [-0.3, -0.25) is 0 Å². The van der Waals surface area contributed by atoms with Crippen LogP contribution in [0.2, 0.25) is 15.1 Å². The quantitative estimate of drug-likeness (QED) is 0.771. The zero-order valence-corrected chi connectivity index (χ0v) is 13.1. The topological polar surface area (TPSA) is 21.3 Å². The number of anilines is 1. The summed E-state index contributed by atoms with van der Waals surface area (Å²) in [4.78, 5) is 0. The maximum absolute atomic E-state index is 13.3. The van der Waals surface area contributed by atoms with Gasteiger partial charge in [-0.25, -0.2) is 4.39 Å². The van der Waals surface area contributed by atoms with Crippen LogP contribution in [0.25, 0.3) is 0 Å². The van der Waals surface area contributed by atoms with Gasteiger partial charge in [0.05, 0.1) is 16.6 Å². The zero-order valence-electron chi connectivity index (χ0n) is 10.8. The van der Waals surface area contributed by atoms with E-state index in [1.807, 2.05) is 12.1 Å². The first kappa shape index (κ1) is 14.8. The van der Waals surface area contributed by atoms with Crippen LogP contribution in [0.15, 0.2) is 30.3 Å². The molecule has 0 saturated carbocycles. The lowest BCUT2D eigenvalue weighted by molar-refractivity contribution is 0.246. The molecule has 110 valence electrons. The highest BCUT2D eigenvalue weighted by Gasteiger charge is 2.22. The van der Waals surface area contributed by atoms with Gasteiger partial charge in [-0.15, -0.1) is 0 Å². The number of halogens is 4. The van der Waals surface area contributed by atoms with Crippen molar-refractivity contribution < 1.29 is 9.13 Å². The van der Waals surface area contributed by atoms with E-state index < -0.39 is 5.82 Å². The Balaban J connectivity index is 1.65. The van der Waals surface area contributed by atoms with Crippen LogP contribution in [0.1, 0.15) is 5.56 Å². The fourth-order valence-corrected chi connectivity index (χ4v) is 2.97. The van der Waals surface area contributed by atoms with Crippen LogP contribution in [0, 0.1) is 5.82 Å². The van der Waals surface area contributed by atoms with Crippen molar-refractivity contribution in [1.29, 1.82) is 0 Å². The second kappa shape index (κ2) is 5.91. The third kappa shape index (κ3) is 3.20. The molecule has 1 N–H and O–H groups in total. The molecule has 2 aromatic carbocycles. The number of ether oxygens (including phenoxy) is 1. The number of fused-ring (bicyclic) bond motifs is 1. The van der Waals surface area contributed by atoms with Gasteiger partial charge < -0.3 is 10.1 Å². The van der Waals surface area contributed by atoms with Crippen LogP contribution in [-0.4, -0.2) is 12.6 Å². The van der Waals surface area contributed by atoms with Crippen molar-refractivity contribution in [2.45, 2.75) is 12.5 Å². The van der Waals surface area contributed by atoms with Crippen molar-refractivity contribution >= 4 is 40.5 Å². The average molecular weight is 347 g/mol. The minimum Gasteiger partial charge on any atom is -0.488 e. The Hall–Kier alpha value is -1.16. The molecule has 0 aliphatic carbocycles. The van der Waals surface area contributed by atoms with Crippen molar-refractivity contribution in [3.63, 3.8) is 0 Å². The van der Waals surface area contributed by atoms with Crippen LogP contribution in [0.5, 0.6) is 5.75 Å². The number of nitrogens with one attached hydrogen (secondary N) is 1. The van der Waals surface area contributed by atoms with Gasteiger partial charge in [-0.05, 0) is 35.9 Å². The summed E-state index contributed by atoms with van der Waals surface area (Å²) in [5, 5.41) is 3.83. The predicted molar refractivity (Wildman–Crippen MR) is 84.5 cm³/mol. The molecule has 0 radical (unpaired) electrons. The van der Waals surface area contributed by atoms with E-state index in [1.54, 1.807) is 6.07 Å². The van der Waals surface area contributed by atoms with E-state index in [0.717, 1.165) is 17.7 Å². The highest BCUT2D eigenvalue weighted by atomic mass is 35.5. The molecule has 1 unspecified atom stereocenters. The summed E-state index contributed by atoms with van der Waals surface area (Å²) in [6.45, 7) is 0.560. The predicted octanol–water partition coefficient (Wildman–Crippen LogP) is 5.20. The van der Waals surface area contributed by atoms with Gasteiger partial charge in [0.25, 0.3) is 0 Å². The Kier molecular flexibility index (Phi) is 4.16. The molecule has 6 heteroatoms. The number of rotatable bonds is 3. The molecule has 1 atom stereocenters. The first-order valence-electron chi connectivity index (χ1n) is 6.36. The molecule has 0 bridgehead atoms. The molecule has 1 heterocycles. The van der Waals surface area contributed by atoms with E-state index in [-0.39, 0.29) is 16.1 Å². The second-order valence-corrected chi connectivity index (χ2v) is 6.08. The van der Waals surface area contributed by atoms with Gasteiger partial charge in [-0.1, -0.05) is 34.8 Å². The maximum atomic E-state index is 13.3. The smallest absolute Gasteiger partial charge is 0.160 e. The molecular formula is C15H11Cl3FNO. The van der Waals surface area contributed by atoms with Gasteiger partial charge in [0, 0.05) is 17.1 Å². The normalized spacial score (nSPS) is 16.5. The number of benzene rings is 2. The summed E-state index contributed by atoms with van der Waals surface area (Å²) >= 11 is 17.5. The Morgan fingerprint density at radius 3 is 2.57 bits per heavy atom. The van der Waals surface area contributed by atoms with Crippen LogP contribution in [-0.2, 0) is 6.42 Å². The van der Waals surface area contributed by atoms with E-state index in [4.69, 9.17) is 39.5 Å². The van der Waals surface area contributed by atoms with Gasteiger partial charge in [-0.2, -0.15) is 0 Å². The van der Waals surface area contributed by atoms with Gasteiger partial charge in [0.1, 0.15) is 11.9 Å². The Morgan fingerprint density at radius 2 is 1.86 bits per heavy atom. The summed E-state index contributed by atoms with van der Waals surface area (Å²) in [6.07, 6.45) is 0.756. The van der Waals surface area contributed by atoms with E-state index in [0.29, 0.717) is 17.3 Å². The highest BCUT2D eigenvalue weighted by Crippen LogP contribution is 2.32. The van der Waals surface area contributed by atoms with Crippen molar-refractivity contribution in [3.05, 3.63) is 56.8 Å².